The second kappa shape index (κ2) is 7.25. The monoisotopic (exact) mass is 381 g/mol. The number of carbonyl (C=O) groups excluding carboxylic acids is 1. The van der Waals surface area contributed by atoms with Gasteiger partial charge in [-0.05, 0) is 64.1 Å². The first-order chi connectivity index (χ1) is 13.1. The third kappa shape index (κ3) is 3.66. The van der Waals surface area contributed by atoms with Crippen LogP contribution >= 0.6 is 11.3 Å². The molecule has 0 saturated heterocycles. The molecular formula is C22H20FNO2S. The quantitative estimate of drug-likeness (QED) is 0.663. The summed E-state index contributed by atoms with van der Waals surface area (Å²) in [5, 5.41) is 17.4. The minimum absolute atomic E-state index is 0.108. The van der Waals surface area contributed by atoms with E-state index in [2.05, 4.69) is 16.8 Å². The zero-order valence-electron chi connectivity index (χ0n) is 14.7. The molecule has 1 aliphatic rings. The van der Waals surface area contributed by atoms with E-state index in [1.807, 2.05) is 29.6 Å². The predicted octanol–water partition coefficient (Wildman–Crippen LogP) is 4.44. The Labute approximate surface area is 161 Å². The van der Waals surface area contributed by atoms with Crippen LogP contribution in [0.25, 0.3) is 11.1 Å². The van der Waals surface area contributed by atoms with Gasteiger partial charge in [0.25, 0.3) is 0 Å². The van der Waals surface area contributed by atoms with Crippen LogP contribution in [0.5, 0.6) is 0 Å². The van der Waals surface area contributed by atoms with Crippen LogP contribution in [0, 0.1) is 5.82 Å². The summed E-state index contributed by atoms with van der Waals surface area (Å²) in [4.78, 5) is 12.6. The van der Waals surface area contributed by atoms with Crippen molar-refractivity contribution in [3.8, 4) is 11.1 Å². The molecular weight excluding hydrogens is 361 g/mol. The normalized spacial score (nSPS) is 15.9. The molecule has 5 heteroatoms. The molecule has 1 heterocycles. The maximum atomic E-state index is 13.1. The molecule has 0 radical (unpaired) electrons. The van der Waals surface area contributed by atoms with Gasteiger partial charge in [-0.1, -0.05) is 36.4 Å². The Morgan fingerprint density at radius 2 is 1.78 bits per heavy atom. The molecule has 1 amide bonds. The number of nitrogens with one attached hydrogen (secondary N) is 1. The number of aliphatic hydroxyl groups is 1. The van der Waals surface area contributed by atoms with E-state index in [1.165, 1.54) is 12.1 Å². The second-order valence-electron chi connectivity index (χ2n) is 6.95. The van der Waals surface area contributed by atoms with Crippen LogP contribution < -0.4 is 5.32 Å². The minimum Gasteiger partial charge on any atom is -0.387 e. The highest BCUT2D eigenvalue weighted by molar-refractivity contribution is 7.08. The average Bonchev–Trinajstić information content (AvgIpc) is 3.32. The number of rotatable bonds is 6. The Kier molecular flexibility index (Phi) is 4.81. The van der Waals surface area contributed by atoms with Crippen LogP contribution in [-0.4, -0.2) is 17.6 Å². The van der Waals surface area contributed by atoms with Gasteiger partial charge in [-0.3, -0.25) is 4.79 Å². The van der Waals surface area contributed by atoms with Crippen LogP contribution in [0.1, 0.15) is 30.1 Å². The van der Waals surface area contributed by atoms with Gasteiger partial charge in [0, 0.05) is 6.54 Å². The van der Waals surface area contributed by atoms with Crippen molar-refractivity contribution >= 4 is 17.2 Å². The third-order valence-corrected chi connectivity index (χ3v) is 5.87. The molecule has 1 fully saturated rings. The van der Waals surface area contributed by atoms with Crippen molar-refractivity contribution < 1.29 is 14.3 Å². The first kappa shape index (κ1) is 17.9. The molecule has 2 aromatic carbocycles. The number of benzene rings is 2. The van der Waals surface area contributed by atoms with E-state index in [0.717, 1.165) is 35.1 Å². The summed E-state index contributed by atoms with van der Waals surface area (Å²) in [6.07, 6.45) is 0.723. The molecule has 0 bridgehead atoms. The van der Waals surface area contributed by atoms with Gasteiger partial charge in [0.15, 0.2) is 0 Å². The lowest BCUT2D eigenvalue weighted by Crippen LogP contribution is -2.37. The molecule has 1 aromatic heterocycles. The summed E-state index contributed by atoms with van der Waals surface area (Å²) < 4.78 is 13.1. The number of hydrogen-bond acceptors (Lipinski definition) is 3. The van der Waals surface area contributed by atoms with Gasteiger partial charge in [-0.2, -0.15) is 11.3 Å². The first-order valence-corrected chi connectivity index (χ1v) is 9.88. The van der Waals surface area contributed by atoms with Gasteiger partial charge in [-0.25, -0.2) is 4.39 Å². The fraction of sp³-hybridized carbons (Fsp3) is 0.227. The largest absolute Gasteiger partial charge is 0.387 e. The average molecular weight is 381 g/mol. The lowest BCUT2D eigenvalue weighted by atomic mass is 9.95. The molecule has 3 nitrogen and oxygen atoms in total. The van der Waals surface area contributed by atoms with Gasteiger partial charge in [0.05, 0.1) is 11.5 Å². The van der Waals surface area contributed by atoms with E-state index < -0.39 is 11.5 Å². The highest BCUT2D eigenvalue weighted by atomic mass is 32.1. The molecule has 4 rings (SSSR count). The lowest BCUT2D eigenvalue weighted by Gasteiger charge is -2.18. The predicted molar refractivity (Wildman–Crippen MR) is 105 cm³/mol. The maximum Gasteiger partial charge on any atom is 0.230 e. The smallest absolute Gasteiger partial charge is 0.230 e. The van der Waals surface area contributed by atoms with E-state index in [-0.39, 0.29) is 18.3 Å². The summed E-state index contributed by atoms with van der Waals surface area (Å²) in [5.74, 6) is -0.417. The Bertz CT molecular complexity index is 916. The van der Waals surface area contributed by atoms with Gasteiger partial charge in [-0.15, -0.1) is 0 Å². The summed E-state index contributed by atoms with van der Waals surface area (Å²) in [6.45, 7) is 0.152. The standard InChI is InChI=1S/C22H20FNO2S/c23-19-7-5-18(6-8-19)22(10-11-22)21(26)24-13-20(25)16-3-1-15(2-4-16)17-9-12-27-14-17/h1-9,12,14,20,25H,10-11,13H2,(H,24,26). The van der Waals surface area contributed by atoms with E-state index in [9.17, 15) is 14.3 Å². The molecule has 1 saturated carbocycles. The van der Waals surface area contributed by atoms with Crippen molar-refractivity contribution in [3.63, 3.8) is 0 Å². The Hall–Kier alpha value is -2.50. The number of hydrogen-bond donors (Lipinski definition) is 2. The molecule has 1 atom stereocenters. The van der Waals surface area contributed by atoms with Crippen molar-refractivity contribution in [1.29, 1.82) is 0 Å². The molecule has 0 spiro atoms. The molecule has 0 aliphatic heterocycles. The van der Waals surface area contributed by atoms with Crippen molar-refractivity contribution in [2.24, 2.45) is 0 Å². The van der Waals surface area contributed by atoms with Crippen molar-refractivity contribution in [2.45, 2.75) is 24.4 Å². The Morgan fingerprint density at radius 3 is 2.37 bits per heavy atom. The van der Waals surface area contributed by atoms with Crippen molar-refractivity contribution in [1.82, 2.24) is 5.32 Å². The molecule has 3 aromatic rings. The van der Waals surface area contributed by atoms with Gasteiger partial charge in [0.2, 0.25) is 5.91 Å². The van der Waals surface area contributed by atoms with E-state index in [1.54, 1.807) is 23.5 Å². The zero-order valence-corrected chi connectivity index (χ0v) is 15.5. The highest BCUT2D eigenvalue weighted by Gasteiger charge is 2.51. The van der Waals surface area contributed by atoms with E-state index in [4.69, 9.17) is 0 Å². The van der Waals surface area contributed by atoms with Crippen LogP contribution in [0.15, 0.2) is 65.4 Å². The lowest BCUT2D eigenvalue weighted by molar-refractivity contribution is -0.124. The highest BCUT2D eigenvalue weighted by Crippen LogP contribution is 2.48. The number of amides is 1. The van der Waals surface area contributed by atoms with Gasteiger partial charge >= 0.3 is 0 Å². The molecule has 27 heavy (non-hydrogen) atoms. The minimum atomic E-state index is -0.769. The SMILES string of the molecule is O=C(NCC(O)c1ccc(-c2ccsc2)cc1)C1(c2ccc(F)cc2)CC1. The summed E-state index contributed by atoms with van der Waals surface area (Å²) in [7, 11) is 0. The molecule has 138 valence electrons. The Balaban J connectivity index is 1.38. The van der Waals surface area contributed by atoms with Crippen molar-refractivity contribution in [3.05, 3.63) is 82.3 Å². The number of thiophene rings is 1. The van der Waals surface area contributed by atoms with Crippen LogP contribution in [0.2, 0.25) is 0 Å². The number of carbonyl (C=O) groups is 1. The Morgan fingerprint density at radius 1 is 1.07 bits per heavy atom. The fourth-order valence-corrected chi connectivity index (χ4v) is 4.01. The maximum absolute atomic E-state index is 13.1. The summed E-state index contributed by atoms with van der Waals surface area (Å²) in [5.41, 5.74) is 3.28. The van der Waals surface area contributed by atoms with E-state index >= 15 is 0 Å². The third-order valence-electron chi connectivity index (χ3n) is 5.19. The second-order valence-corrected chi connectivity index (χ2v) is 7.73. The van der Waals surface area contributed by atoms with Crippen LogP contribution in [0.4, 0.5) is 4.39 Å². The number of halogens is 1. The van der Waals surface area contributed by atoms with Gasteiger partial charge < -0.3 is 10.4 Å². The van der Waals surface area contributed by atoms with Crippen LogP contribution in [0.3, 0.4) is 0 Å². The first-order valence-electron chi connectivity index (χ1n) is 8.93. The summed E-state index contributed by atoms with van der Waals surface area (Å²) in [6, 6.07) is 15.9. The van der Waals surface area contributed by atoms with E-state index in [0.29, 0.717) is 0 Å². The number of aliphatic hydroxyl groups excluding tert-OH is 1. The van der Waals surface area contributed by atoms with Crippen LogP contribution in [-0.2, 0) is 10.2 Å². The molecule has 1 aliphatic carbocycles. The fourth-order valence-electron chi connectivity index (χ4n) is 3.34. The topological polar surface area (TPSA) is 49.3 Å². The zero-order chi connectivity index (χ0) is 18.9. The molecule has 2 N–H and O–H groups in total. The summed E-state index contributed by atoms with van der Waals surface area (Å²) >= 11 is 1.65. The molecule has 1 unspecified atom stereocenters. The van der Waals surface area contributed by atoms with Gasteiger partial charge in [0.1, 0.15) is 5.82 Å². The van der Waals surface area contributed by atoms with Crippen molar-refractivity contribution in [2.75, 3.05) is 6.54 Å².